The van der Waals surface area contributed by atoms with Gasteiger partial charge in [0, 0.05) is 0 Å². The Morgan fingerprint density at radius 2 is 2.07 bits per heavy atom. The third kappa shape index (κ3) is 4.34. The summed E-state index contributed by atoms with van der Waals surface area (Å²) in [6.45, 7) is 0.928. The maximum atomic E-state index is 11.1. The summed E-state index contributed by atoms with van der Waals surface area (Å²) >= 11 is 0. The number of aliphatic hydroxyl groups is 2. The number of amides is 1. The van der Waals surface area contributed by atoms with Crippen LogP contribution in [-0.4, -0.2) is 53.2 Å². The average molecular weight is 219 g/mol. The molecule has 0 heterocycles. The minimum absolute atomic E-state index is 0.339. The first-order valence-corrected chi connectivity index (χ1v) is 4.49. The van der Waals surface area contributed by atoms with Crippen molar-refractivity contribution in [1.29, 1.82) is 0 Å². The molecule has 15 heavy (non-hydrogen) atoms. The maximum Gasteiger partial charge on any atom is 0.237 e. The highest BCUT2D eigenvalue weighted by molar-refractivity contribution is 5.81. The standard InChI is InChI=1S/C8H17N3O4/c1-4(9)8(15)11-6(3-13)7(14)5(10)2-12/h2,4-7,13-14H,3,9-10H2,1H3,(H,11,15)/t4-,5?,6?,7?/m0/s1. The first kappa shape index (κ1) is 14.0. The van der Waals surface area contributed by atoms with Crippen molar-refractivity contribution in [2.75, 3.05) is 6.61 Å². The number of rotatable bonds is 6. The molecule has 0 radical (unpaired) electrons. The van der Waals surface area contributed by atoms with Crippen LogP contribution < -0.4 is 16.8 Å². The quantitative estimate of drug-likeness (QED) is 0.296. The first-order chi connectivity index (χ1) is 6.93. The minimum atomic E-state index is -1.34. The molecule has 0 rings (SSSR count). The third-order valence-electron chi connectivity index (χ3n) is 1.90. The van der Waals surface area contributed by atoms with E-state index in [1.54, 1.807) is 0 Å². The number of aliphatic hydroxyl groups excluding tert-OH is 2. The Kier molecular flexibility index (Phi) is 6.02. The molecule has 7 N–H and O–H groups in total. The largest absolute Gasteiger partial charge is 0.394 e. The lowest BCUT2D eigenvalue weighted by atomic mass is 10.1. The summed E-state index contributed by atoms with van der Waals surface area (Å²) < 4.78 is 0. The van der Waals surface area contributed by atoms with Crippen LogP contribution in [-0.2, 0) is 9.59 Å². The lowest BCUT2D eigenvalue weighted by molar-refractivity contribution is -0.125. The number of carbonyl (C=O) groups is 2. The van der Waals surface area contributed by atoms with Crippen LogP contribution in [0, 0.1) is 0 Å². The van der Waals surface area contributed by atoms with E-state index in [0.29, 0.717) is 6.29 Å². The van der Waals surface area contributed by atoms with Crippen molar-refractivity contribution in [2.24, 2.45) is 11.5 Å². The number of hydrogen-bond donors (Lipinski definition) is 5. The van der Waals surface area contributed by atoms with Gasteiger partial charge in [-0.2, -0.15) is 0 Å². The van der Waals surface area contributed by atoms with E-state index in [2.05, 4.69) is 5.32 Å². The number of carbonyl (C=O) groups excluding carboxylic acids is 2. The molecule has 0 bridgehead atoms. The van der Waals surface area contributed by atoms with Crippen LogP contribution in [0.4, 0.5) is 0 Å². The smallest absolute Gasteiger partial charge is 0.237 e. The third-order valence-corrected chi connectivity index (χ3v) is 1.90. The molecule has 7 nitrogen and oxygen atoms in total. The van der Waals surface area contributed by atoms with Crippen LogP contribution in [0.5, 0.6) is 0 Å². The van der Waals surface area contributed by atoms with Gasteiger partial charge in [0.1, 0.15) is 6.29 Å². The zero-order valence-electron chi connectivity index (χ0n) is 8.46. The summed E-state index contributed by atoms with van der Waals surface area (Å²) in [5.41, 5.74) is 10.5. The molecule has 0 spiro atoms. The lowest BCUT2D eigenvalue weighted by Gasteiger charge is -2.24. The van der Waals surface area contributed by atoms with Gasteiger partial charge in [0.25, 0.3) is 0 Å². The Morgan fingerprint density at radius 3 is 2.40 bits per heavy atom. The van der Waals surface area contributed by atoms with Crippen molar-refractivity contribution in [3.63, 3.8) is 0 Å². The SMILES string of the molecule is C[C@H](N)C(=O)NC(CO)C(O)C(N)C=O. The van der Waals surface area contributed by atoms with Gasteiger partial charge >= 0.3 is 0 Å². The van der Waals surface area contributed by atoms with Gasteiger partial charge in [0.2, 0.25) is 5.91 Å². The van der Waals surface area contributed by atoms with Crippen molar-refractivity contribution in [3.05, 3.63) is 0 Å². The van der Waals surface area contributed by atoms with Crippen LogP contribution in [0.2, 0.25) is 0 Å². The molecule has 0 aromatic carbocycles. The molecule has 88 valence electrons. The molecule has 0 saturated heterocycles. The van der Waals surface area contributed by atoms with Crippen molar-refractivity contribution >= 4 is 12.2 Å². The van der Waals surface area contributed by atoms with Crippen molar-refractivity contribution in [3.8, 4) is 0 Å². The molecule has 0 saturated carbocycles. The van der Waals surface area contributed by atoms with E-state index in [9.17, 15) is 14.7 Å². The van der Waals surface area contributed by atoms with Crippen molar-refractivity contribution < 1.29 is 19.8 Å². The number of nitrogens with two attached hydrogens (primary N) is 2. The zero-order valence-corrected chi connectivity index (χ0v) is 8.46. The van der Waals surface area contributed by atoms with Gasteiger partial charge in [-0.3, -0.25) is 4.79 Å². The van der Waals surface area contributed by atoms with E-state index in [-0.39, 0.29) is 0 Å². The fourth-order valence-corrected chi connectivity index (χ4v) is 0.902. The van der Waals surface area contributed by atoms with Gasteiger partial charge in [-0.1, -0.05) is 0 Å². The van der Waals surface area contributed by atoms with Gasteiger partial charge in [0.15, 0.2) is 0 Å². The lowest BCUT2D eigenvalue weighted by Crippen LogP contribution is -2.56. The normalized spacial score (nSPS) is 18.7. The summed E-state index contributed by atoms with van der Waals surface area (Å²) in [4.78, 5) is 21.4. The highest BCUT2D eigenvalue weighted by Crippen LogP contribution is 1.97. The molecule has 3 unspecified atom stereocenters. The Bertz CT molecular complexity index is 222. The molecule has 0 aliphatic heterocycles. The molecule has 0 aliphatic carbocycles. The molecule has 0 fully saturated rings. The molecule has 4 atom stereocenters. The van der Waals surface area contributed by atoms with Gasteiger partial charge < -0.3 is 31.8 Å². The second-order valence-electron chi connectivity index (χ2n) is 3.29. The Labute approximate surface area is 87.4 Å². The predicted molar refractivity (Wildman–Crippen MR) is 52.7 cm³/mol. The van der Waals surface area contributed by atoms with E-state index < -0.39 is 36.7 Å². The van der Waals surface area contributed by atoms with Crippen molar-refractivity contribution in [2.45, 2.75) is 31.2 Å². The van der Waals surface area contributed by atoms with Crippen LogP contribution in [0.25, 0.3) is 0 Å². The summed E-state index contributed by atoms with van der Waals surface area (Å²) in [5.74, 6) is -0.536. The second-order valence-corrected chi connectivity index (χ2v) is 3.29. The second kappa shape index (κ2) is 6.46. The molecule has 0 aliphatic rings. The van der Waals surface area contributed by atoms with E-state index in [4.69, 9.17) is 16.6 Å². The predicted octanol–water partition coefficient (Wildman–Crippen LogP) is -3.30. The summed E-state index contributed by atoms with van der Waals surface area (Å²) in [6, 6.07) is -2.92. The first-order valence-electron chi connectivity index (χ1n) is 4.49. The average Bonchev–Trinajstić information content (AvgIpc) is 2.23. The number of hydrogen-bond acceptors (Lipinski definition) is 6. The number of aldehydes is 1. The Morgan fingerprint density at radius 1 is 1.53 bits per heavy atom. The molecular weight excluding hydrogens is 202 g/mol. The molecule has 0 aromatic rings. The topological polar surface area (TPSA) is 139 Å². The number of nitrogens with one attached hydrogen (secondary N) is 1. The van der Waals surface area contributed by atoms with E-state index in [0.717, 1.165) is 0 Å². The fraction of sp³-hybridized carbons (Fsp3) is 0.750. The molecule has 7 heteroatoms. The highest BCUT2D eigenvalue weighted by atomic mass is 16.3. The fourth-order valence-electron chi connectivity index (χ4n) is 0.902. The van der Waals surface area contributed by atoms with Crippen LogP contribution in [0.3, 0.4) is 0 Å². The minimum Gasteiger partial charge on any atom is -0.394 e. The Balaban J connectivity index is 4.36. The molecule has 0 aromatic heterocycles. The van der Waals surface area contributed by atoms with Crippen molar-refractivity contribution in [1.82, 2.24) is 5.32 Å². The maximum absolute atomic E-state index is 11.1. The molecular formula is C8H17N3O4. The van der Waals surface area contributed by atoms with Crippen LogP contribution in [0.1, 0.15) is 6.92 Å². The van der Waals surface area contributed by atoms with Crippen LogP contribution in [0.15, 0.2) is 0 Å². The van der Waals surface area contributed by atoms with E-state index >= 15 is 0 Å². The molecule has 1 amide bonds. The van der Waals surface area contributed by atoms with Gasteiger partial charge in [0.05, 0.1) is 30.8 Å². The van der Waals surface area contributed by atoms with Gasteiger partial charge in [-0.15, -0.1) is 0 Å². The van der Waals surface area contributed by atoms with E-state index in [1.807, 2.05) is 0 Å². The van der Waals surface area contributed by atoms with Gasteiger partial charge in [-0.25, -0.2) is 0 Å². The monoisotopic (exact) mass is 219 g/mol. The van der Waals surface area contributed by atoms with Crippen LogP contribution >= 0.6 is 0 Å². The highest BCUT2D eigenvalue weighted by Gasteiger charge is 2.26. The summed E-state index contributed by atoms with van der Waals surface area (Å²) in [7, 11) is 0. The Hall–Kier alpha value is -1.02. The zero-order chi connectivity index (χ0) is 12.0. The van der Waals surface area contributed by atoms with E-state index in [1.165, 1.54) is 6.92 Å². The van der Waals surface area contributed by atoms with Gasteiger partial charge in [-0.05, 0) is 6.92 Å². The summed E-state index contributed by atoms with van der Waals surface area (Å²) in [6.07, 6.45) is -0.999. The summed E-state index contributed by atoms with van der Waals surface area (Å²) in [5, 5.41) is 20.6.